The highest BCUT2D eigenvalue weighted by molar-refractivity contribution is 6.34. The Labute approximate surface area is 170 Å². The summed E-state index contributed by atoms with van der Waals surface area (Å²) in [5, 5.41) is 14.2. The van der Waals surface area contributed by atoms with Crippen LogP contribution in [0.5, 0.6) is 0 Å². The summed E-state index contributed by atoms with van der Waals surface area (Å²) in [6.07, 6.45) is 2.74. The molecule has 1 N–H and O–H groups in total. The van der Waals surface area contributed by atoms with E-state index in [1.165, 1.54) is 30.4 Å². The minimum Gasteiger partial charge on any atom is -0.457 e. The van der Waals surface area contributed by atoms with Gasteiger partial charge >= 0.3 is 0 Å². The van der Waals surface area contributed by atoms with E-state index >= 15 is 0 Å². The highest BCUT2D eigenvalue weighted by Crippen LogP contribution is 2.28. The van der Waals surface area contributed by atoms with Gasteiger partial charge in [-0.15, -0.1) is 0 Å². The van der Waals surface area contributed by atoms with E-state index < -0.39 is 10.8 Å². The van der Waals surface area contributed by atoms with E-state index in [9.17, 15) is 14.9 Å². The minimum atomic E-state index is -0.566. The van der Waals surface area contributed by atoms with E-state index in [4.69, 9.17) is 27.6 Å². The van der Waals surface area contributed by atoms with Crippen molar-refractivity contribution in [1.82, 2.24) is 0 Å². The second-order valence-corrected chi connectivity index (χ2v) is 6.72. The van der Waals surface area contributed by atoms with Crippen molar-refractivity contribution in [3.05, 3.63) is 86.1 Å². The molecular weight excluding hydrogens is 403 g/mol. The number of aryl methyl sites for hydroxylation is 1. The SMILES string of the molecule is Cc1ccc(-c2ccc(/C=C/C(=O)Nc3cc([N+](=O)[O-])ccc3Cl)o2)cc1Cl. The van der Waals surface area contributed by atoms with Gasteiger partial charge in [-0.1, -0.05) is 35.3 Å². The third kappa shape index (κ3) is 4.60. The quantitative estimate of drug-likeness (QED) is 0.308. The number of carbonyl (C=O) groups is 1. The Kier molecular flexibility index (Phi) is 5.82. The monoisotopic (exact) mass is 416 g/mol. The fraction of sp³-hybridized carbons (Fsp3) is 0.0500. The molecule has 1 aromatic heterocycles. The number of rotatable bonds is 5. The van der Waals surface area contributed by atoms with Gasteiger partial charge in [0.1, 0.15) is 11.5 Å². The number of nitrogens with zero attached hydrogens (tertiary/aromatic N) is 1. The van der Waals surface area contributed by atoms with Gasteiger partial charge in [0.25, 0.3) is 5.69 Å². The normalized spacial score (nSPS) is 11.0. The fourth-order valence-corrected chi connectivity index (χ4v) is 2.74. The summed E-state index contributed by atoms with van der Waals surface area (Å²) in [5.41, 5.74) is 1.77. The zero-order valence-electron chi connectivity index (χ0n) is 14.6. The molecule has 0 bridgehead atoms. The molecule has 0 saturated heterocycles. The number of nitro benzene ring substituents is 1. The van der Waals surface area contributed by atoms with Crippen LogP contribution in [0.4, 0.5) is 11.4 Å². The summed E-state index contributed by atoms with van der Waals surface area (Å²) in [6, 6.07) is 12.9. The summed E-state index contributed by atoms with van der Waals surface area (Å²) >= 11 is 12.1. The molecule has 0 atom stereocenters. The summed E-state index contributed by atoms with van der Waals surface area (Å²) in [5.74, 6) is 0.578. The largest absolute Gasteiger partial charge is 0.457 e. The smallest absolute Gasteiger partial charge is 0.271 e. The van der Waals surface area contributed by atoms with Crippen LogP contribution in [0.25, 0.3) is 17.4 Å². The summed E-state index contributed by atoms with van der Waals surface area (Å²) in [7, 11) is 0. The van der Waals surface area contributed by atoms with Crippen LogP contribution >= 0.6 is 23.2 Å². The first-order valence-electron chi connectivity index (χ1n) is 8.13. The molecule has 142 valence electrons. The van der Waals surface area contributed by atoms with E-state index in [-0.39, 0.29) is 16.4 Å². The van der Waals surface area contributed by atoms with Crippen LogP contribution in [-0.2, 0) is 4.79 Å². The second-order valence-electron chi connectivity index (χ2n) is 5.91. The Bertz CT molecular complexity index is 1090. The van der Waals surface area contributed by atoms with E-state index in [1.54, 1.807) is 18.2 Å². The number of hydrogen-bond acceptors (Lipinski definition) is 4. The molecule has 0 fully saturated rings. The molecule has 1 amide bonds. The maximum absolute atomic E-state index is 12.1. The molecule has 0 radical (unpaired) electrons. The number of hydrogen-bond donors (Lipinski definition) is 1. The lowest BCUT2D eigenvalue weighted by Crippen LogP contribution is -2.08. The van der Waals surface area contributed by atoms with Crippen LogP contribution in [-0.4, -0.2) is 10.8 Å². The van der Waals surface area contributed by atoms with E-state index in [0.717, 1.165) is 11.1 Å². The van der Waals surface area contributed by atoms with E-state index in [2.05, 4.69) is 5.32 Å². The van der Waals surface area contributed by atoms with Crippen molar-refractivity contribution in [2.24, 2.45) is 0 Å². The topological polar surface area (TPSA) is 85.4 Å². The molecule has 0 spiro atoms. The molecule has 1 heterocycles. The third-order valence-electron chi connectivity index (χ3n) is 3.90. The number of anilines is 1. The Morgan fingerprint density at radius 1 is 1.11 bits per heavy atom. The summed E-state index contributed by atoms with van der Waals surface area (Å²) < 4.78 is 5.70. The van der Waals surface area contributed by atoms with Gasteiger partial charge < -0.3 is 9.73 Å². The molecule has 3 aromatic rings. The number of halogens is 2. The van der Waals surface area contributed by atoms with Crippen molar-refractivity contribution >= 4 is 46.6 Å². The number of non-ortho nitro benzene ring substituents is 1. The molecular formula is C20H14Cl2N2O4. The molecule has 6 nitrogen and oxygen atoms in total. The molecule has 2 aromatic carbocycles. The van der Waals surface area contributed by atoms with Gasteiger partial charge in [0.05, 0.1) is 15.6 Å². The van der Waals surface area contributed by atoms with Crippen molar-refractivity contribution in [2.45, 2.75) is 6.92 Å². The number of nitrogens with one attached hydrogen (secondary N) is 1. The molecule has 0 aliphatic rings. The molecule has 8 heteroatoms. The fourth-order valence-electron chi connectivity index (χ4n) is 2.40. The van der Waals surface area contributed by atoms with Crippen LogP contribution in [0.1, 0.15) is 11.3 Å². The predicted molar refractivity (Wildman–Crippen MR) is 110 cm³/mol. The number of carbonyl (C=O) groups excluding carboxylic acids is 1. The van der Waals surface area contributed by atoms with Crippen molar-refractivity contribution < 1.29 is 14.1 Å². The maximum Gasteiger partial charge on any atom is 0.271 e. The van der Waals surface area contributed by atoms with Crippen molar-refractivity contribution in [2.75, 3.05) is 5.32 Å². The number of furan rings is 1. The average Bonchev–Trinajstić information content (AvgIpc) is 3.13. The van der Waals surface area contributed by atoms with Gasteiger partial charge in [-0.25, -0.2) is 0 Å². The lowest BCUT2D eigenvalue weighted by atomic mass is 10.1. The van der Waals surface area contributed by atoms with Crippen LogP contribution in [0, 0.1) is 17.0 Å². The zero-order chi connectivity index (χ0) is 20.3. The van der Waals surface area contributed by atoms with Gasteiger partial charge in [-0.05, 0) is 42.8 Å². The average molecular weight is 417 g/mol. The molecule has 0 saturated carbocycles. The van der Waals surface area contributed by atoms with Crippen LogP contribution in [0.15, 0.2) is 59.0 Å². The summed E-state index contributed by atoms with van der Waals surface area (Å²) in [4.78, 5) is 22.4. The van der Waals surface area contributed by atoms with Gasteiger partial charge in [-0.3, -0.25) is 14.9 Å². The van der Waals surface area contributed by atoms with Crippen molar-refractivity contribution in [3.63, 3.8) is 0 Å². The van der Waals surface area contributed by atoms with Gasteiger partial charge in [0, 0.05) is 28.8 Å². The predicted octanol–water partition coefficient (Wildman–Crippen LogP) is 6.12. The lowest BCUT2D eigenvalue weighted by Gasteiger charge is -2.04. The lowest BCUT2D eigenvalue weighted by molar-refractivity contribution is -0.384. The standard InChI is InChI=1S/C20H14Cl2N2O4/c1-12-2-3-13(10-17(12)22)19-8-5-15(28-19)6-9-20(25)23-18-11-14(24(26)27)4-7-16(18)21/h2-11H,1H3,(H,23,25)/b9-6+. The highest BCUT2D eigenvalue weighted by atomic mass is 35.5. The molecule has 0 aliphatic carbocycles. The Morgan fingerprint density at radius 3 is 2.61 bits per heavy atom. The number of nitro groups is 1. The number of amides is 1. The molecule has 0 unspecified atom stereocenters. The molecule has 0 aliphatic heterocycles. The number of benzene rings is 2. The first-order chi connectivity index (χ1) is 13.3. The molecule has 3 rings (SSSR count). The van der Waals surface area contributed by atoms with E-state index in [0.29, 0.717) is 16.5 Å². The maximum atomic E-state index is 12.1. The second kappa shape index (κ2) is 8.29. The van der Waals surface area contributed by atoms with Crippen LogP contribution in [0.2, 0.25) is 10.0 Å². The first-order valence-corrected chi connectivity index (χ1v) is 8.88. The Hall–Kier alpha value is -3.09. The highest BCUT2D eigenvalue weighted by Gasteiger charge is 2.11. The Morgan fingerprint density at radius 2 is 1.89 bits per heavy atom. The van der Waals surface area contributed by atoms with Crippen molar-refractivity contribution in [3.8, 4) is 11.3 Å². The van der Waals surface area contributed by atoms with Crippen LogP contribution < -0.4 is 5.32 Å². The first kappa shape index (κ1) is 19.7. The third-order valence-corrected chi connectivity index (χ3v) is 4.64. The summed E-state index contributed by atoms with van der Waals surface area (Å²) in [6.45, 7) is 1.91. The van der Waals surface area contributed by atoms with Crippen molar-refractivity contribution in [1.29, 1.82) is 0 Å². The van der Waals surface area contributed by atoms with E-state index in [1.807, 2.05) is 19.1 Å². The van der Waals surface area contributed by atoms with Gasteiger partial charge in [0.15, 0.2) is 0 Å². The van der Waals surface area contributed by atoms with Gasteiger partial charge in [0.2, 0.25) is 5.91 Å². The Balaban J connectivity index is 1.71. The van der Waals surface area contributed by atoms with Gasteiger partial charge in [-0.2, -0.15) is 0 Å². The minimum absolute atomic E-state index is 0.153. The molecule has 28 heavy (non-hydrogen) atoms. The van der Waals surface area contributed by atoms with Crippen LogP contribution in [0.3, 0.4) is 0 Å². The zero-order valence-corrected chi connectivity index (χ0v) is 16.1.